The lowest BCUT2D eigenvalue weighted by molar-refractivity contribution is 0.354. The van der Waals surface area contributed by atoms with Crippen LogP contribution in [0.15, 0.2) is 80.5 Å². The first-order chi connectivity index (χ1) is 18.0. The minimum absolute atomic E-state index is 0.0989. The third kappa shape index (κ3) is 4.01. The average Bonchev–Trinajstić information content (AvgIpc) is 3.23. The SMILES string of the molecule is COc1ccc([C@H]2C3=C(N=c4s/c(=C\c5ccc(O)c(Br)c5)c(=O)n42)c2ccccc2CC3)cc1OC. The highest BCUT2D eigenvalue weighted by molar-refractivity contribution is 9.10. The molecule has 0 saturated heterocycles. The number of allylic oxidation sites excluding steroid dienone is 1. The molecule has 0 amide bonds. The molecule has 0 bridgehead atoms. The maximum absolute atomic E-state index is 13.9. The number of halogens is 1. The van der Waals surface area contributed by atoms with Gasteiger partial charge in [0.05, 0.1) is 35.0 Å². The number of hydrogen-bond donors (Lipinski definition) is 1. The average molecular weight is 575 g/mol. The highest BCUT2D eigenvalue weighted by Crippen LogP contribution is 2.42. The summed E-state index contributed by atoms with van der Waals surface area (Å²) in [7, 11) is 3.23. The van der Waals surface area contributed by atoms with Crippen LogP contribution in [-0.2, 0) is 6.42 Å². The minimum atomic E-state index is -0.312. The summed E-state index contributed by atoms with van der Waals surface area (Å²) in [6, 6.07) is 19.1. The maximum atomic E-state index is 13.9. The fourth-order valence-corrected chi connectivity index (χ4v) is 6.51. The smallest absolute Gasteiger partial charge is 0.271 e. The van der Waals surface area contributed by atoms with Crippen molar-refractivity contribution in [3.05, 3.63) is 113 Å². The molecular formula is C29H23BrN2O4S. The summed E-state index contributed by atoms with van der Waals surface area (Å²) < 4.78 is 14.0. The van der Waals surface area contributed by atoms with Crippen molar-refractivity contribution in [1.82, 2.24) is 4.57 Å². The normalized spacial score (nSPS) is 16.5. The maximum Gasteiger partial charge on any atom is 0.271 e. The van der Waals surface area contributed by atoms with Crippen LogP contribution in [-0.4, -0.2) is 23.9 Å². The van der Waals surface area contributed by atoms with Crippen LogP contribution in [0, 0.1) is 0 Å². The van der Waals surface area contributed by atoms with Gasteiger partial charge in [-0.15, -0.1) is 0 Å². The van der Waals surface area contributed by atoms with Gasteiger partial charge in [0, 0.05) is 5.56 Å². The molecule has 0 spiro atoms. The zero-order chi connectivity index (χ0) is 25.7. The summed E-state index contributed by atoms with van der Waals surface area (Å²) in [5, 5.41) is 9.87. The highest BCUT2D eigenvalue weighted by atomic mass is 79.9. The molecule has 186 valence electrons. The molecule has 0 saturated carbocycles. The summed E-state index contributed by atoms with van der Waals surface area (Å²) in [4.78, 5) is 19.6. The molecule has 0 fully saturated rings. The van der Waals surface area contributed by atoms with Crippen LogP contribution >= 0.6 is 27.3 Å². The summed E-state index contributed by atoms with van der Waals surface area (Å²) in [6.07, 6.45) is 3.54. The van der Waals surface area contributed by atoms with Crippen LogP contribution in [0.4, 0.5) is 0 Å². The molecule has 1 aliphatic carbocycles. The van der Waals surface area contributed by atoms with E-state index in [1.165, 1.54) is 16.9 Å². The van der Waals surface area contributed by atoms with E-state index in [0.29, 0.717) is 25.3 Å². The van der Waals surface area contributed by atoms with Crippen LogP contribution in [0.3, 0.4) is 0 Å². The van der Waals surface area contributed by atoms with Crippen molar-refractivity contribution in [3.8, 4) is 17.2 Å². The quantitative estimate of drug-likeness (QED) is 0.380. The van der Waals surface area contributed by atoms with Gasteiger partial charge in [-0.3, -0.25) is 9.36 Å². The van der Waals surface area contributed by atoms with Gasteiger partial charge in [0.2, 0.25) is 0 Å². The minimum Gasteiger partial charge on any atom is -0.507 e. The van der Waals surface area contributed by atoms with Crippen LogP contribution in [0.25, 0.3) is 11.8 Å². The molecule has 1 aliphatic heterocycles. The predicted molar refractivity (Wildman–Crippen MR) is 148 cm³/mol. The standard InChI is InChI=1S/C29H23BrN2O4S/c1-35-23-12-9-18(15-24(23)36-2)27-20-10-8-17-5-3-4-6-19(17)26(20)31-29-32(27)28(34)25(37-29)14-16-7-11-22(33)21(30)13-16/h3-7,9,11-15,27,33H,8,10H2,1-2H3/b25-14-/t27-/m0/s1. The number of aromatic hydroxyl groups is 1. The Morgan fingerprint density at radius 2 is 1.86 bits per heavy atom. The number of fused-ring (bicyclic) bond motifs is 3. The second kappa shape index (κ2) is 9.36. The Hall–Kier alpha value is -3.62. The Balaban J connectivity index is 1.62. The zero-order valence-corrected chi connectivity index (χ0v) is 22.6. The van der Waals surface area contributed by atoms with Crippen molar-refractivity contribution in [2.24, 2.45) is 4.99 Å². The number of rotatable bonds is 4. The van der Waals surface area contributed by atoms with E-state index in [-0.39, 0.29) is 17.4 Å². The third-order valence-corrected chi connectivity index (χ3v) is 8.48. The molecule has 0 radical (unpaired) electrons. The second-order valence-electron chi connectivity index (χ2n) is 8.94. The van der Waals surface area contributed by atoms with Crippen molar-refractivity contribution >= 4 is 39.0 Å². The topological polar surface area (TPSA) is 73.0 Å². The number of hydrogen-bond acceptors (Lipinski definition) is 6. The first-order valence-electron chi connectivity index (χ1n) is 11.8. The van der Waals surface area contributed by atoms with Gasteiger partial charge in [0.1, 0.15) is 5.75 Å². The Morgan fingerprint density at radius 3 is 2.65 bits per heavy atom. The number of ether oxygens (including phenoxy) is 2. The van der Waals surface area contributed by atoms with E-state index in [2.05, 4.69) is 34.1 Å². The zero-order valence-electron chi connectivity index (χ0n) is 20.2. The lowest BCUT2D eigenvalue weighted by Crippen LogP contribution is -2.38. The van der Waals surface area contributed by atoms with E-state index in [9.17, 15) is 9.90 Å². The number of methoxy groups -OCH3 is 2. The van der Waals surface area contributed by atoms with Gasteiger partial charge in [-0.25, -0.2) is 4.99 Å². The van der Waals surface area contributed by atoms with Crippen LogP contribution in [0.2, 0.25) is 0 Å². The Kier molecular flexibility index (Phi) is 6.01. The first kappa shape index (κ1) is 23.8. The van der Waals surface area contributed by atoms with Gasteiger partial charge in [-0.05, 0) is 81.4 Å². The van der Waals surface area contributed by atoms with E-state index in [0.717, 1.165) is 40.8 Å². The largest absolute Gasteiger partial charge is 0.507 e. The van der Waals surface area contributed by atoms with Gasteiger partial charge in [0.15, 0.2) is 16.3 Å². The van der Waals surface area contributed by atoms with Gasteiger partial charge in [0.25, 0.3) is 5.56 Å². The van der Waals surface area contributed by atoms with Crippen molar-refractivity contribution in [2.45, 2.75) is 18.9 Å². The molecule has 37 heavy (non-hydrogen) atoms. The van der Waals surface area contributed by atoms with Crippen molar-refractivity contribution < 1.29 is 14.6 Å². The van der Waals surface area contributed by atoms with Crippen LogP contribution < -0.4 is 24.4 Å². The van der Waals surface area contributed by atoms with Gasteiger partial charge in [-0.1, -0.05) is 47.7 Å². The Morgan fingerprint density at radius 1 is 1.05 bits per heavy atom. The fraction of sp³-hybridized carbons (Fsp3) is 0.172. The third-order valence-electron chi connectivity index (χ3n) is 6.87. The lowest BCUT2D eigenvalue weighted by atomic mass is 9.83. The van der Waals surface area contributed by atoms with E-state index < -0.39 is 0 Å². The number of benzene rings is 3. The highest BCUT2D eigenvalue weighted by Gasteiger charge is 2.33. The van der Waals surface area contributed by atoms with Crippen LogP contribution in [0.5, 0.6) is 17.2 Å². The molecule has 1 atom stereocenters. The molecular weight excluding hydrogens is 552 g/mol. The number of aryl methyl sites for hydroxylation is 1. The van der Waals surface area contributed by atoms with E-state index in [1.807, 2.05) is 30.3 Å². The molecule has 1 N–H and O–H groups in total. The van der Waals surface area contributed by atoms with Gasteiger partial charge < -0.3 is 14.6 Å². The van der Waals surface area contributed by atoms with Gasteiger partial charge in [-0.2, -0.15) is 0 Å². The van der Waals surface area contributed by atoms with Gasteiger partial charge >= 0.3 is 0 Å². The lowest BCUT2D eigenvalue weighted by Gasteiger charge is -2.31. The number of aromatic nitrogens is 1. The Bertz CT molecular complexity index is 1770. The molecule has 6 rings (SSSR count). The monoisotopic (exact) mass is 574 g/mol. The molecule has 1 aromatic heterocycles. The Labute approximate surface area is 225 Å². The molecule has 2 heterocycles. The summed E-state index contributed by atoms with van der Waals surface area (Å²) in [6.45, 7) is 0. The van der Waals surface area contributed by atoms with Crippen molar-refractivity contribution in [3.63, 3.8) is 0 Å². The predicted octanol–water partition coefficient (Wildman–Crippen LogP) is 4.80. The van der Waals surface area contributed by atoms with Crippen molar-refractivity contribution in [2.75, 3.05) is 14.2 Å². The van der Waals surface area contributed by atoms with Crippen LogP contribution in [0.1, 0.15) is 34.7 Å². The summed E-state index contributed by atoms with van der Waals surface area (Å²) in [5.41, 5.74) is 6.11. The molecule has 3 aromatic carbocycles. The van der Waals surface area contributed by atoms with E-state index >= 15 is 0 Å². The van der Waals surface area contributed by atoms with Crippen molar-refractivity contribution in [1.29, 1.82) is 0 Å². The molecule has 4 aromatic rings. The second-order valence-corrected chi connectivity index (χ2v) is 10.8. The molecule has 8 heteroatoms. The first-order valence-corrected chi connectivity index (χ1v) is 13.4. The van der Waals surface area contributed by atoms with E-state index in [4.69, 9.17) is 14.5 Å². The number of thiazole rings is 1. The molecule has 2 aliphatic rings. The summed E-state index contributed by atoms with van der Waals surface area (Å²) >= 11 is 4.73. The number of phenols is 1. The van der Waals surface area contributed by atoms with E-state index in [1.54, 1.807) is 37.0 Å². The fourth-order valence-electron chi connectivity index (χ4n) is 5.11. The molecule has 0 unspecified atom stereocenters. The molecule has 6 nitrogen and oxygen atoms in total. The summed E-state index contributed by atoms with van der Waals surface area (Å²) in [5.74, 6) is 1.41. The number of phenolic OH excluding ortho intramolecular Hbond substituents is 1. The number of nitrogens with zero attached hydrogens (tertiary/aromatic N) is 2.